The van der Waals surface area contributed by atoms with Crippen LogP contribution in [0.2, 0.25) is 0 Å². The molecule has 0 unspecified atom stereocenters. The van der Waals surface area contributed by atoms with Gasteiger partial charge in [-0.05, 0) is 74.5 Å². The van der Waals surface area contributed by atoms with E-state index in [9.17, 15) is 10.2 Å². The second-order valence-electron chi connectivity index (χ2n) is 11.9. The quantitative estimate of drug-likeness (QED) is 0.693. The molecular weight excluding hydrogens is 396 g/mol. The first kappa shape index (κ1) is 21.3. The van der Waals surface area contributed by atoms with Crippen molar-refractivity contribution in [3.8, 4) is 0 Å². The van der Waals surface area contributed by atoms with Gasteiger partial charge >= 0.3 is 0 Å². The van der Waals surface area contributed by atoms with Gasteiger partial charge in [0, 0.05) is 30.8 Å². The Bertz CT molecular complexity index is 700. The number of aliphatic hydroxyl groups excluding tert-OH is 2. The van der Waals surface area contributed by atoms with Gasteiger partial charge < -0.3 is 29.2 Å². The summed E-state index contributed by atoms with van der Waals surface area (Å²) in [5, 5.41) is 22.5. The summed E-state index contributed by atoms with van der Waals surface area (Å²) in [4.78, 5) is 0. The van der Waals surface area contributed by atoms with E-state index < -0.39 is 5.79 Å². The zero-order valence-electron chi connectivity index (χ0n) is 19.2. The molecule has 1 spiro atoms. The Morgan fingerprint density at radius 3 is 2.26 bits per heavy atom. The van der Waals surface area contributed by atoms with Crippen LogP contribution in [0.4, 0.5) is 0 Å². The van der Waals surface area contributed by atoms with Crippen LogP contribution in [0.1, 0.15) is 65.2 Å². The Hall–Kier alpha value is -0.240. The van der Waals surface area contributed by atoms with Crippen molar-refractivity contribution in [2.24, 2.45) is 40.4 Å². The van der Waals surface area contributed by atoms with Crippen LogP contribution in [0, 0.1) is 40.4 Å². The monoisotopic (exact) mass is 436 g/mol. The molecule has 2 N–H and O–H groups in total. The van der Waals surface area contributed by atoms with Crippen molar-refractivity contribution < 1.29 is 29.2 Å². The zero-order valence-corrected chi connectivity index (χ0v) is 19.2. The van der Waals surface area contributed by atoms with Crippen molar-refractivity contribution >= 4 is 0 Å². The summed E-state index contributed by atoms with van der Waals surface area (Å²) in [6, 6.07) is 0. The van der Waals surface area contributed by atoms with Gasteiger partial charge in [-0.15, -0.1) is 0 Å². The second-order valence-corrected chi connectivity index (χ2v) is 11.9. The van der Waals surface area contributed by atoms with E-state index in [1.165, 1.54) is 6.42 Å². The number of hydrogen-bond acceptors (Lipinski definition) is 6. The van der Waals surface area contributed by atoms with Gasteiger partial charge in [-0.1, -0.05) is 6.92 Å². The lowest BCUT2D eigenvalue weighted by Gasteiger charge is -2.63. The summed E-state index contributed by atoms with van der Waals surface area (Å²) < 4.78 is 24.3. The van der Waals surface area contributed by atoms with Crippen LogP contribution >= 0.6 is 0 Å². The highest BCUT2D eigenvalue weighted by molar-refractivity contribution is 5.15. The first-order chi connectivity index (χ1) is 14.9. The van der Waals surface area contributed by atoms with E-state index in [0.29, 0.717) is 56.5 Å². The summed E-state index contributed by atoms with van der Waals surface area (Å²) >= 11 is 0. The van der Waals surface area contributed by atoms with E-state index in [0.717, 1.165) is 38.5 Å². The first-order valence-electron chi connectivity index (χ1n) is 12.7. The molecule has 6 nitrogen and oxygen atoms in total. The Balaban J connectivity index is 1.30. The van der Waals surface area contributed by atoms with E-state index in [2.05, 4.69) is 13.8 Å². The fraction of sp³-hybridized carbons (Fsp3) is 1.00. The van der Waals surface area contributed by atoms with E-state index in [-0.39, 0.29) is 35.2 Å². The molecule has 0 amide bonds. The highest BCUT2D eigenvalue weighted by atomic mass is 16.7. The average Bonchev–Trinajstić information content (AvgIpc) is 3.48. The Labute approximate surface area is 186 Å². The molecule has 176 valence electrons. The third-order valence-electron chi connectivity index (χ3n) is 10.9. The van der Waals surface area contributed by atoms with E-state index in [1.807, 2.05) is 0 Å². The van der Waals surface area contributed by atoms with Crippen LogP contribution in [0.15, 0.2) is 0 Å². The molecule has 4 saturated carbocycles. The van der Waals surface area contributed by atoms with Gasteiger partial charge in [-0.25, -0.2) is 0 Å². The number of rotatable bonds is 2. The lowest BCUT2D eigenvalue weighted by molar-refractivity contribution is -0.260. The van der Waals surface area contributed by atoms with Crippen molar-refractivity contribution in [2.75, 3.05) is 33.0 Å². The Morgan fingerprint density at radius 2 is 1.55 bits per heavy atom. The maximum atomic E-state index is 11.7. The molecule has 6 aliphatic rings. The van der Waals surface area contributed by atoms with E-state index >= 15 is 0 Å². The van der Waals surface area contributed by atoms with Gasteiger partial charge in [0.25, 0.3) is 0 Å². The molecule has 2 aliphatic heterocycles. The molecule has 6 heteroatoms. The van der Waals surface area contributed by atoms with Crippen LogP contribution in [0.5, 0.6) is 0 Å². The smallest absolute Gasteiger partial charge is 0.169 e. The van der Waals surface area contributed by atoms with E-state index in [1.54, 1.807) is 0 Å². The number of aliphatic hydroxyl groups is 2. The van der Waals surface area contributed by atoms with Crippen molar-refractivity contribution in [1.82, 2.24) is 0 Å². The van der Waals surface area contributed by atoms with Crippen molar-refractivity contribution in [1.29, 1.82) is 0 Å². The van der Waals surface area contributed by atoms with Crippen LogP contribution in [0.3, 0.4) is 0 Å². The average molecular weight is 437 g/mol. The minimum Gasteiger partial charge on any atom is -0.396 e. The van der Waals surface area contributed by atoms with Gasteiger partial charge in [0.1, 0.15) is 0 Å². The molecule has 6 rings (SSSR count). The topological polar surface area (TPSA) is 77.4 Å². The molecule has 31 heavy (non-hydrogen) atoms. The van der Waals surface area contributed by atoms with Crippen molar-refractivity contribution in [3.63, 3.8) is 0 Å². The second kappa shape index (κ2) is 7.13. The van der Waals surface area contributed by atoms with Gasteiger partial charge in [-0.2, -0.15) is 0 Å². The minimum atomic E-state index is -0.625. The highest BCUT2D eigenvalue weighted by Crippen LogP contribution is 2.69. The predicted octanol–water partition coefficient (Wildman–Crippen LogP) is 3.09. The van der Waals surface area contributed by atoms with Gasteiger partial charge in [0.15, 0.2) is 11.6 Å². The summed E-state index contributed by atoms with van der Waals surface area (Å²) in [6.07, 6.45) is 7.69. The number of ether oxygens (including phenoxy) is 4. The molecule has 2 saturated heterocycles. The lowest BCUT2D eigenvalue weighted by Crippen LogP contribution is -2.62. The molecule has 0 aromatic rings. The SMILES string of the molecule is CC1([C@@H]2CC[C@@H]3[C@@H]4CC[C@H]5CC6(CC[C@]5(C)[C@@H]4[C@@H](O)C[C@]32CO)OCCO6)OCCO1. The summed E-state index contributed by atoms with van der Waals surface area (Å²) in [5.74, 6) is 0.892. The maximum absolute atomic E-state index is 11.7. The fourth-order valence-electron chi connectivity index (χ4n) is 9.68. The normalized spacial score (nSPS) is 52.6. The fourth-order valence-corrected chi connectivity index (χ4v) is 9.68. The molecule has 2 heterocycles. The molecular formula is C25H40O6. The summed E-state index contributed by atoms with van der Waals surface area (Å²) in [7, 11) is 0. The molecule has 0 radical (unpaired) electrons. The largest absolute Gasteiger partial charge is 0.396 e. The van der Waals surface area contributed by atoms with Crippen molar-refractivity contribution in [2.45, 2.75) is 82.9 Å². The molecule has 8 atom stereocenters. The summed E-state index contributed by atoms with van der Waals surface area (Å²) in [5.41, 5.74) is -0.177. The maximum Gasteiger partial charge on any atom is 0.169 e. The molecule has 6 fully saturated rings. The molecule has 0 aromatic heterocycles. The van der Waals surface area contributed by atoms with E-state index in [4.69, 9.17) is 18.9 Å². The van der Waals surface area contributed by atoms with Gasteiger partial charge in [0.2, 0.25) is 0 Å². The van der Waals surface area contributed by atoms with Crippen LogP contribution < -0.4 is 0 Å². The Kier molecular flexibility index (Phi) is 4.90. The number of fused-ring (bicyclic) bond motifs is 5. The minimum absolute atomic E-state index is 0.118. The van der Waals surface area contributed by atoms with Crippen molar-refractivity contribution in [3.05, 3.63) is 0 Å². The predicted molar refractivity (Wildman–Crippen MR) is 113 cm³/mol. The standard InChI is InChI=1S/C25H40O6/c1-22-7-8-25(30-11-12-31-25)13-16(22)3-4-17-18-5-6-20(23(2)28-9-10-29-23)24(18,15-26)14-19(27)21(17)22/h16-21,26-27H,3-15H2,1-2H3/t16-,17-,18+,19-,20-,21-,22-,24-/m0/s1. The molecule has 4 aliphatic carbocycles. The third-order valence-corrected chi connectivity index (χ3v) is 10.9. The lowest BCUT2D eigenvalue weighted by atomic mass is 9.43. The Morgan fingerprint density at radius 1 is 0.839 bits per heavy atom. The van der Waals surface area contributed by atoms with Gasteiger partial charge in [0.05, 0.1) is 32.5 Å². The molecule has 0 bridgehead atoms. The zero-order chi connectivity index (χ0) is 21.5. The van der Waals surface area contributed by atoms with Gasteiger partial charge in [-0.3, -0.25) is 0 Å². The highest BCUT2D eigenvalue weighted by Gasteiger charge is 2.68. The van der Waals surface area contributed by atoms with Crippen LogP contribution in [0.25, 0.3) is 0 Å². The third kappa shape index (κ3) is 2.85. The van der Waals surface area contributed by atoms with Crippen LogP contribution in [-0.2, 0) is 18.9 Å². The van der Waals surface area contributed by atoms with Crippen LogP contribution in [-0.4, -0.2) is 60.9 Å². The number of hydrogen-bond donors (Lipinski definition) is 2. The first-order valence-corrected chi connectivity index (χ1v) is 12.7. The molecule has 0 aromatic carbocycles. The summed E-state index contributed by atoms with van der Waals surface area (Å²) in [6.45, 7) is 7.29.